The SMILES string of the molecule is COC(C)(C)C(=O)NC(C)(C)C. The molecule has 0 spiro atoms. The fraction of sp³-hybridized carbons (Fsp3) is 0.889. The van der Waals surface area contributed by atoms with Crippen LogP contribution in [0, 0.1) is 0 Å². The van der Waals surface area contributed by atoms with E-state index in [1.165, 1.54) is 7.11 Å². The van der Waals surface area contributed by atoms with Crippen molar-refractivity contribution in [2.24, 2.45) is 0 Å². The molecule has 0 aromatic carbocycles. The van der Waals surface area contributed by atoms with Crippen molar-refractivity contribution in [3.05, 3.63) is 0 Å². The third-order valence-corrected chi connectivity index (χ3v) is 1.55. The highest BCUT2D eigenvalue weighted by Gasteiger charge is 2.29. The van der Waals surface area contributed by atoms with Crippen LogP contribution in [0.4, 0.5) is 0 Å². The molecule has 0 radical (unpaired) electrons. The first kappa shape index (κ1) is 11.4. The molecule has 0 aromatic rings. The van der Waals surface area contributed by atoms with Gasteiger partial charge in [0.15, 0.2) is 0 Å². The zero-order chi connectivity index (χ0) is 9.99. The first-order chi connectivity index (χ1) is 5.19. The zero-order valence-corrected chi connectivity index (χ0v) is 8.82. The van der Waals surface area contributed by atoms with Gasteiger partial charge in [-0.15, -0.1) is 0 Å². The number of amides is 1. The summed E-state index contributed by atoms with van der Waals surface area (Å²) in [6.07, 6.45) is 0. The van der Waals surface area contributed by atoms with Gasteiger partial charge in [-0.1, -0.05) is 0 Å². The summed E-state index contributed by atoms with van der Waals surface area (Å²) in [7, 11) is 1.53. The van der Waals surface area contributed by atoms with Gasteiger partial charge in [0.1, 0.15) is 5.60 Å². The molecule has 0 bridgehead atoms. The average molecular weight is 173 g/mol. The lowest BCUT2D eigenvalue weighted by Gasteiger charge is -2.28. The van der Waals surface area contributed by atoms with Crippen molar-refractivity contribution in [2.75, 3.05) is 7.11 Å². The monoisotopic (exact) mass is 173 g/mol. The van der Waals surface area contributed by atoms with Gasteiger partial charge in [0.25, 0.3) is 5.91 Å². The summed E-state index contributed by atoms with van der Waals surface area (Å²) in [5.41, 5.74) is -0.944. The minimum absolute atomic E-state index is 0.0856. The van der Waals surface area contributed by atoms with Crippen molar-refractivity contribution in [3.63, 3.8) is 0 Å². The molecule has 0 unspecified atom stereocenters. The fourth-order valence-corrected chi connectivity index (χ4v) is 0.584. The number of methoxy groups -OCH3 is 1. The minimum Gasteiger partial charge on any atom is -0.369 e. The molecule has 0 saturated heterocycles. The maximum absolute atomic E-state index is 11.5. The van der Waals surface area contributed by atoms with Crippen LogP contribution in [-0.4, -0.2) is 24.2 Å². The Labute approximate surface area is 74.5 Å². The topological polar surface area (TPSA) is 38.3 Å². The predicted molar refractivity (Wildman–Crippen MR) is 49.0 cm³/mol. The third-order valence-electron chi connectivity index (χ3n) is 1.55. The Morgan fingerprint density at radius 2 is 1.58 bits per heavy atom. The number of hydrogen-bond donors (Lipinski definition) is 1. The standard InChI is InChI=1S/C9H19NO2/c1-8(2,3)10-7(11)9(4,5)12-6/h1-6H3,(H,10,11). The largest absolute Gasteiger partial charge is 0.369 e. The highest BCUT2D eigenvalue weighted by Crippen LogP contribution is 2.10. The quantitative estimate of drug-likeness (QED) is 0.684. The highest BCUT2D eigenvalue weighted by atomic mass is 16.5. The summed E-state index contributed by atoms with van der Waals surface area (Å²) in [4.78, 5) is 11.5. The van der Waals surface area contributed by atoms with Gasteiger partial charge in [-0.3, -0.25) is 4.79 Å². The molecular formula is C9H19NO2. The third kappa shape index (κ3) is 3.72. The number of rotatable bonds is 2. The van der Waals surface area contributed by atoms with Crippen LogP contribution in [0.25, 0.3) is 0 Å². The molecule has 72 valence electrons. The summed E-state index contributed by atoms with van der Waals surface area (Å²) in [6, 6.07) is 0. The molecule has 3 nitrogen and oxygen atoms in total. The lowest BCUT2D eigenvalue weighted by Crippen LogP contribution is -2.51. The normalized spacial score (nSPS) is 12.8. The van der Waals surface area contributed by atoms with E-state index in [1.807, 2.05) is 20.8 Å². The number of nitrogens with one attached hydrogen (secondary N) is 1. The van der Waals surface area contributed by atoms with E-state index >= 15 is 0 Å². The number of carbonyl (C=O) groups is 1. The zero-order valence-electron chi connectivity index (χ0n) is 8.82. The van der Waals surface area contributed by atoms with Gasteiger partial charge < -0.3 is 10.1 Å². The molecule has 0 aliphatic heterocycles. The second-order valence-corrected chi connectivity index (χ2v) is 4.42. The first-order valence-electron chi connectivity index (χ1n) is 4.07. The summed E-state index contributed by atoms with van der Waals surface area (Å²) in [5.74, 6) is -0.0856. The molecule has 0 atom stereocenters. The molecule has 0 fully saturated rings. The van der Waals surface area contributed by atoms with Crippen LogP contribution in [0.1, 0.15) is 34.6 Å². The van der Waals surface area contributed by atoms with E-state index < -0.39 is 5.60 Å². The Hall–Kier alpha value is -0.570. The number of ether oxygens (including phenoxy) is 1. The summed E-state index contributed by atoms with van der Waals surface area (Å²) < 4.78 is 5.03. The van der Waals surface area contributed by atoms with Crippen molar-refractivity contribution < 1.29 is 9.53 Å². The smallest absolute Gasteiger partial charge is 0.252 e. The van der Waals surface area contributed by atoms with Gasteiger partial charge in [0.05, 0.1) is 0 Å². The molecule has 0 aromatic heterocycles. The van der Waals surface area contributed by atoms with Gasteiger partial charge in [-0.2, -0.15) is 0 Å². The van der Waals surface area contributed by atoms with Crippen LogP contribution >= 0.6 is 0 Å². The second-order valence-electron chi connectivity index (χ2n) is 4.42. The number of carbonyl (C=O) groups excluding carboxylic acids is 1. The number of hydrogen-bond acceptors (Lipinski definition) is 2. The summed E-state index contributed by atoms with van der Waals surface area (Å²) >= 11 is 0. The molecule has 0 heterocycles. The molecule has 0 rings (SSSR count). The van der Waals surface area contributed by atoms with E-state index in [2.05, 4.69) is 5.32 Å². The van der Waals surface area contributed by atoms with E-state index in [0.717, 1.165) is 0 Å². The lowest BCUT2D eigenvalue weighted by molar-refractivity contribution is -0.141. The van der Waals surface area contributed by atoms with Crippen LogP contribution < -0.4 is 5.32 Å². The molecule has 0 saturated carbocycles. The molecule has 0 aliphatic rings. The van der Waals surface area contributed by atoms with E-state index in [4.69, 9.17) is 4.74 Å². The van der Waals surface area contributed by atoms with Gasteiger partial charge in [0, 0.05) is 12.6 Å². The maximum Gasteiger partial charge on any atom is 0.252 e. The van der Waals surface area contributed by atoms with Crippen LogP contribution in [0.2, 0.25) is 0 Å². The van der Waals surface area contributed by atoms with Crippen molar-refractivity contribution in [3.8, 4) is 0 Å². The Bertz CT molecular complexity index is 168. The molecule has 12 heavy (non-hydrogen) atoms. The predicted octanol–water partition coefficient (Wildman–Crippen LogP) is 1.33. The summed E-state index contributed by atoms with van der Waals surface area (Å²) in [6.45, 7) is 9.31. The molecule has 1 N–H and O–H groups in total. The Morgan fingerprint density at radius 3 is 1.83 bits per heavy atom. The van der Waals surface area contributed by atoms with Gasteiger partial charge in [-0.25, -0.2) is 0 Å². The Balaban J connectivity index is 4.23. The van der Waals surface area contributed by atoms with E-state index in [1.54, 1.807) is 13.8 Å². The van der Waals surface area contributed by atoms with Crippen LogP contribution in [0.15, 0.2) is 0 Å². The fourth-order valence-electron chi connectivity index (χ4n) is 0.584. The maximum atomic E-state index is 11.5. The van der Waals surface area contributed by atoms with E-state index in [9.17, 15) is 4.79 Å². The molecule has 0 aliphatic carbocycles. The first-order valence-corrected chi connectivity index (χ1v) is 4.07. The lowest BCUT2D eigenvalue weighted by atomic mass is 10.0. The Kier molecular flexibility index (Phi) is 3.27. The van der Waals surface area contributed by atoms with Gasteiger partial charge >= 0.3 is 0 Å². The average Bonchev–Trinajstić information content (AvgIpc) is 1.84. The minimum atomic E-state index is -0.743. The van der Waals surface area contributed by atoms with Crippen molar-refractivity contribution >= 4 is 5.91 Å². The molecule has 3 heteroatoms. The van der Waals surface area contributed by atoms with Crippen LogP contribution in [-0.2, 0) is 9.53 Å². The van der Waals surface area contributed by atoms with Crippen LogP contribution in [0.5, 0.6) is 0 Å². The van der Waals surface area contributed by atoms with E-state index in [-0.39, 0.29) is 11.4 Å². The highest BCUT2D eigenvalue weighted by molar-refractivity contribution is 5.84. The molecule has 1 amide bonds. The Morgan fingerprint density at radius 1 is 1.17 bits per heavy atom. The van der Waals surface area contributed by atoms with Crippen LogP contribution in [0.3, 0.4) is 0 Å². The molecular weight excluding hydrogens is 154 g/mol. The second kappa shape index (κ2) is 3.44. The van der Waals surface area contributed by atoms with Crippen molar-refractivity contribution in [1.29, 1.82) is 0 Å². The van der Waals surface area contributed by atoms with Crippen molar-refractivity contribution in [1.82, 2.24) is 5.32 Å². The van der Waals surface area contributed by atoms with Gasteiger partial charge in [-0.05, 0) is 34.6 Å². The summed E-state index contributed by atoms with van der Waals surface area (Å²) in [5, 5.41) is 2.85. The van der Waals surface area contributed by atoms with E-state index in [0.29, 0.717) is 0 Å². The van der Waals surface area contributed by atoms with Crippen molar-refractivity contribution in [2.45, 2.75) is 45.8 Å². The van der Waals surface area contributed by atoms with Gasteiger partial charge in [0.2, 0.25) is 0 Å².